The molecule has 0 aliphatic rings. The standard InChI is InChI=1S/C11H10.3C10H9N.4C2H6.4CH3.4Rb/c1-9-6-7-10-4-2-3-5-11(10)8-9;1-8-6-9-4-2-3-5-10(9)7-11-8;1-8-6-9-4-2-3-5-10(9)11-7-8;1-8-6-7-9-4-2-3-5-10(9)11-8;4*1-2;;;;;;;;/h2-8H,1H3;3*2-7H,1H3;4*1-2H3;4*1H3;;;;/q;;;;;;;;4*-1;4*+1. The molecule has 60 heavy (non-hydrogen) atoms. The molecule has 0 N–H and O–H groups in total. The first-order valence-corrected chi connectivity index (χ1v) is 18.9. The Kier molecular flexibility index (Phi) is 66.1. The van der Waals surface area contributed by atoms with Crippen LogP contribution >= 0.6 is 0 Å². The van der Waals surface area contributed by atoms with Crippen molar-refractivity contribution in [2.24, 2.45) is 0 Å². The van der Waals surface area contributed by atoms with Gasteiger partial charge < -0.3 is 29.7 Å². The molecule has 3 nitrogen and oxygen atoms in total. The zero-order valence-electron chi connectivity index (χ0n) is 41.8. The SMILES string of the molecule is CC.CC.CC.CC.Cc1cc2ccccc2cn1.Cc1ccc2ccccc2c1.Cc1ccc2ccccc2n1.Cc1cnc2ccccc2c1.[CH3-].[CH3-].[CH3-].[CH3-].[Rb+].[Rb+].[Rb+].[Rb+]. The van der Waals surface area contributed by atoms with E-state index in [-0.39, 0.29) is 262 Å². The maximum atomic E-state index is 4.38. The molecular formula is C53H73N3Rb4. The van der Waals surface area contributed by atoms with E-state index in [0.29, 0.717) is 0 Å². The third-order valence-corrected chi connectivity index (χ3v) is 7.14. The molecule has 0 saturated carbocycles. The molecule has 0 fully saturated rings. The third kappa shape index (κ3) is 30.9. The van der Waals surface area contributed by atoms with Gasteiger partial charge >= 0.3 is 233 Å². The molecule has 5 aromatic carbocycles. The van der Waals surface area contributed by atoms with Gasteiger partial charge in [0.05, 0.1) is 11.0 Å². The summed E-state index contributed by atoms with van der Waals surface area (Å²) < 4.78 is 0. The first-order valence-electron chi connectivity index (χ1n) is 18.9. The number of hydrogen-bond donors (Lipinski definition) is 0. The Labute approximate surface area is 565 Å². The van der Waals surface area contributed by atoms with Gasteiger partial charge in [0, 0.05) is 39.9 Å². The number of aromatic nitrogens is 3. The minimum absolute atomic E-state index is 0. The molecule has 0 atom stereocenters. The molecule has 304 valence electrons. The van der Waals surface area contributed by atoms with Crippen molar-refractivity contribution in [1.29, 1.82) is 0 Å². The van der Waals surface area contributed by atoms with Crippen LogP contribution in [0.4, 0.5) is 0 Å². The van der Waals surface area contributed by atoms with Crippen molar-refractivity contribution >= 4 is 43.4 Å². The predicted molar refractivity (Wildman–Crippen MR) is 259 cm³/mol. The molecule has 0 amide bonds. The Morgan fingerprint density at radius 3 is 1.25 bits per heavy atom. The number of nitrogens with zero attached hydrogens (tertiary/aromatic N) is 3. The Morgan fingerprint density at radius 1 is 0.300 bits per heavy atom. The second-order valence-electron chi connectivity index (χ2n) is 10.9. The van der Waals surface area contributed by atoms with Crippen molar-refractivity contribution in [2.75, 3.05) is 0 Å². The molecule has 0 aliphatic heterocycles. The first-order chi connectivity index (χ1) is 25.4. The fraction of sp³-hybridized carbons (Fsp3) is 0.226. The third-order valence-electron chi connectivity index (χ3n) is 7.14. The van der Waals surface area contributed by atoms with Crippen molar-refractivity contribution in [2.45, 2.75) is 83.1 Å². The number of para-hydroxylation sites is 2. The van der Waals surface area contributed by atoms with Gasteiger partial charge in [-0.25, -0.2) is 0 Å². The van der Waals surface area contributed by atoms with Crippen LogP contribution in [0, 0.1) is 57.4 Å². The zero-order valence-corrected chi connectivity index (χ0v) is 61.4. The molecule has 7 heteroatoms. The average Bonchev–Trinajstić information content (AvgIpc) is 3.21. The number of rotatable bonds is 0. The summed E-state index contributed by atoms with van der Waals surface area (Å²) in [6, 6.07) is 47.8. The minimum Gasteiger partial charge on any atom is -0.358 e. The van der Waals surface area contributed by atoms with E-state index in [0.717, 1.165) is 22.4 Å². The molecule has 3 heterocycles. The number of hydrogen-bond acceptors (Lipinski definition) is 3. The smallest absolute Gasteiger partial charge is 0.358 e. The van der Waals surface area contributed by atoms with Crippen molar-refractivity contribution in [3.63, 3.8) is 0 Å². The van der Waals surface area contributed by atoms with E-state index in [1.54, 1.807) is 0 Å². The van der Waals surface area contributed by atoms with Crippen molar-refractivity contribution in [1.82, 2.24) is 15.0 Å². The molecule has 0 saturated heterocycles. The van der Waals surface area contributed by atoms with E-state index in [1.165, 1.54) is 43.4 Å². The van der Waals surface area contributed by atoms with Crippen LogP contribution in [0.25, 0.3) is 43.4 Å². The topological polar surface area (TPSA) is 38.7 Å². The fourth-order valence-electron chi connectivity index (χ4n) is 4.85. The summed E-state index contributed by atoms with van der Waals surface area (Å²) in [4.78, 5) is 12.9. The second kappa shape index (κ2) is 50.2. The van der Waals surface area contributed by atoms with Gasteiger partial charge in [0.25, 0.3) is 0 Å². The molecule has 3 aromatic heterocycles. The first kappa shape index (κ1) is 78.9. The molecule has 0 radical (unpaired) electrons. The number of aryl methyl sites for hydroxylation is 4. The number of benzene rings is 5. The van der Waals surface area contributed by atoms with E-state index in [9.17, 15) is 0 Å². The molecule has 8 aromatic rings. The van der Waals surface area contributed by atoms with E-state index in [1.807, 2.05) is 136 Å². The summed E-state index contributed by atoms with van der Waals surface area (Å²) in [5.74, 6) is 0. The van der Waals surface area contributed by atoms with Crippen molar-refractivity contribution in [3.05, 3.63) is 204 Å². The van der Waals surface area contributed by atoms with Gasteiger partial charge in [-0.2, -0.15) is 0 Å². The van der Waals surface area contributed by atoms with Gasteiger partial charge in [0.2, 0.25) is 0 Å². The summed E-state index contributed by atoms with van der Waals surface area (Å²) >= 11 is 0. The van der Waals surface area contributed by atoms with Crippen molar-refractivity contribution in [3.8, 4) is 0 Å². The molecule has 0 spiro atoms. The van der Waals surface area contributed by atoms with Crippen LogP contribution in [0.15, 0.2) is 152 Å². The maximum absolute atomic E-state index is 4.38. The molecular weight excluding hydrogens is 1020 g/mol. The van der Waals surface area contributed by atoms with E-state index in [4.69, 9.17) is 0 Å². The Morgan fingerprint density at radius 2 is 0.700 bits per heavy atom. The quantitative estimate of drug-likeness (QED) is 0.207. The minimum atomic E-state index is 0. The fourth-order valence-corrected chi connectivity index (χ4v) is 4.85. The van der Waals surface area contributed by atoms with Crippen LogP contribution in [0.2, 0.25) is 0 Å². The summed E-state index contributed by atoms with van der Waals surface area (Å²) in [7, 11) is 0. The largest absolute Gasteiger partial charge is 1.00 e. The normalized spacial score (nSPS) is 7.93. The zero-order chi connectivity index (χ0) is 38.7. The molecule has 0 bridgehead atoms. The second-order valence-corrected chi connectivity index (χ2v) is 10.9. The molecule has 0 unspecified atom stereocenters. The van der Waals surface area contributed by atoms with Gasteiger partial charge in [-0.1, -0.05) is 170 Å². The van der Waals surface area contributed by atoms with Gasteiger partial charge in [0.15, 0.2) is 0 Å². The van der Waals surface area contributed by atoms with Crippen molar-refractivity contribution < 1.29 is 233 Å². The van der Waals surface area contributed by atoms with E-state index < -0.39 is 0 Å². The van der Waals surface area contributed by atoms with Crippen LogP contribution in [-0.4, -0.2) is 15.0 Å². The average molecular weight is 1090 g/mol. The number of fused-ring (bicyclic) bond motifs is 4. The van der Waals surface area contributed by atoms with Crippen LogP contribution in [0.1, 0.15) is 77.9 Å². The Bertz CT molecular complexity index is 1840. The Balaban J connectivity index is -0.0000000909. The Hall–Kier alpha value is 1.81. The summed E-state index contributed by atoms with van der Waals surface area (Å²) in [5.41, 5.74) is 6.82. The van der Waals surface area contributed by atoms with Crippen LogP contribution < -0.4 is 233 Å². The van der Waals surface area contributed by atoms with Crippen LogP contribution in [0.3, 0.4) is 0 Å². The van der Waals surface area contributed by atoms with Crippen LogP contribution in [-0.2, 0) is 0 Å². The predicted octanol–water partition coefficient (Wildman–Crippen LogP) is 4.70. The summed E-state index contributed by atoms with van der Waals surface area (Å²) in [5, 5.41) is 7.54. The van der Waals surface area contributed by atoms with E-state index in [2.05, 4.69) is 114 Å². The monoisotopic (exact) mass is 1090 g/mol. The van der Waals surface area contributed by atoms with Gasteiger partial charge in [-0.3, -0.25) is 15.0 Å². The van der Waals surface area contributed by atoms with Gasteiger partial charge in [-0.05, 0) is 79.7 Å². The van der Waals surface area contributed by atoms with E-state index >= 15 is 0 Å². The number of pyridine rings is 3. The summed E-state index contributed by atoms with van der Waals surface area (Å²) in [6.45, 7) is 24.2. The van der Waals surface area contributed by atoms with Gasteiger partial charge in [0.1, 0.15) is 0 Å². The maximum Gasteiger partial charge on any atom is 1.00 e. The van der Waals surface area contributed by atoms with Gasteiger partial charge in [-0.15, -0.1) is 0 Å². The van der Waals surface area contributed by atoms with Crippen LogP contribution in [0.5, 0.6) is 0 Å². The summed E-state index contributed by atoms with van der Waals surface area (Å²) in [6.07, 6.45) is 3.80. The molecule has 8 rings (SSSR count). The molecule has 0 aliphatic carbocycles.